The van der Waals surface area contributed by atoms with Crippen LogP contribution < -0.4 is 4.74 Å². The first-order chi connectivity index (χ1) is 7.76. The van der Waals surface area contributed by atoms with Gasteiger partial charge >= 0.3 is 0 Å². The second-order valence-corrected chi connectivity index (χ2v) is 3.53. The number of halogens is 1. The molecule has 0 aliphatic heterocycles. The summed E-state index contributed by atoms with van der Waals surface area (Å²) in [5.74, 6) is 0.819. The highest BCUT2D eigenvalue weighted by Gasteiger charge is 2.16. The second-order valence-electron chi connectivity index (χ2n) is 3.53. The zero-order valence-corrected chi connectivity index (χ0v) is 11.3. The predicted molar refractivity (Wildman–Crippen MR) is 71.5 cm³/mol. The van der Waals surface area contributed by atoms with Crippen LogP contribution in [0.2, 0.25) is 0 Å². The van der Waals surface area contributed by atoms with Crippen LogP contribution in [0.3, 0.4) is 0 Å². The van der Waals surface area contributed by atoms with Gasteiger partial charge in [0.25, 0.3) is 0 Å². The lowest BCUT2D eigenvalue weighted by Gasteiger charge is -2.24. The highest BCUT2D eigenvalue weighted by atomic mass is 35.5. The van der Waals surface area contributed by atoms with Crippen LogP contribution in [-0.4, -0.2) is 25.1 Å². The van der Waals surface area contributed by atoms with Gasteiger partial charge in [-0.3, -0.25) is 4.90 Å². The molecular formula is C13H19ClN2O. The molecule has 1 aromatic rings. The van der Waals surface area contributed by atoms with E-state index in [-0.39, 0.29) is 18.4 Å². The lowest BCUT2D eigenvalue weighted by Crippen LogP contribution is -2.27. The highest BCUT2D eigenvalue weighted by molar-refractivity contribution is 5.85. The standard InChI is InChI=1S/C13H18N2O.ClH/c1-4-15(5-2)13(10-14)11-6-8-12(16-3)9-7-11;/h6-9,13H,4-5H2,1-3H3;1H. The van der Waals surface area contributed by atoms with Crippen LogP contribution in [0, 0.1) is 11.3 Å². The summed E-state index contributed by atoms with van der Waals surface area (Å²) in [5, 5.41) is 9.22. The number of nitriles is 1. The molecule has 94 valence electrons. The van der Waals surface area contributed by atoms with Gasteiger partial charge < -0.3 is 4.74 Å². The molecule has 3 nitrogen and oxygen atoms in total. The Balaban J connectivity index is 0.00000256. The van der Waals surface area contributed by atoms with Crippen LogP contribution in [0.15, 0.2) is 24.3 Å². The van der Waals surface area contributed by atoms with Crippen LogP contribution in [0.25, 0.3) is 0 Å². The maximum atomic E-state index is 9.22. The van der Waals surface area contributed by atoms with Crippen LogP contribution >= 0.6 is 12.4 Å². The molecule has 1 aromatic carbocycles. The molecule has 0 amide bonds. The summed E-state index contributed by atoms with van der Waals surface area (Å²) in [6.45, 7) is 5.89. The van der Waals surface area contributed by atoms with Gasteiger partial charge in [0.1, 0.15) is 11.8 Å². The number of benzene rings is 1. The second kappa shape index (κ2) is 7.94. The van der Waals surface area contributed by atoms with Crippen molar-refractivity contribution in [2.75, 3.05) is 20.2 Å². The first-order valence-corrected chi connectivity index (χ1v) is 5.54. The largest absolute Gasteiger partial charge is 0.497 e. The van der Waals surface area contributed by atoms with Crippen molar-refractivity contribution in [1.29, 1.82) is 5.26 Å². The fraction of sp³-hybridized carbons (Fsp3) is 0.462. The quantitative estimate of drug-likeness (QED) is 0.810. The zero-order valence-electron chi connectivity index (χ0n) is 10.5. The van der Waals surface area contributed by atoms with Crippen molar-refractivity contribution in [2.45, 2.75) is 19.9 Å². The van der Waals surface area contributed by atoms with Crippen molar-refractivity contribution < 1.29 is 4.74 Å². The van der Waals surface area contributed by atoms with E-state index in [1.165, 1.54) is 0 Å². The van der Waals surface area contributed by atoms with Crippen LogP contribution in [0.5, 0.6) is 5.75 Å². The molecule has 0 aliphatic carbocycles. The lowest BCUT2D eigenvalue weighted by atomic mass is 10.1. The summed E-state index contributed by atoms with van der Waals surface area (Å²) in [5.41, 5.74) is 1.02. The molecule has 0 spiro atoms. The van der Waals surface area contributed by atoms with Crippen molar-refractivity contribution in [3.8, 4) is 11.8 Å². The number of rotatable bonds is 5. The summed E-state index contributed by atoms with van der Waals surface area (Å²) < 4.78 is 5.10. The maximum Gasteiger partial charge on any atom is 0.123 e. The summed E-state index contributed by atoms with van der Waals surface area (Å²) in [6.07, 6.45) is 0. The lowest BCUT2D eigenvalue weighted by molar-refractivity contribution is 0.262. The van der Waals surface area contributed by atoms with Crippen molar-refractivity contribution in [3.05, 3.63) is 29.8 Å². The van der Waals surface area contributed by atoms with Crippen molar-refractivity contribution in [3.63, 3.8) is 0 Å². The Kier molecular flexibility index (Phi) is 7.36. The van der Waals surface area contributed by atoms with Crippen LogP contribution in [-0.2, 0) is 0 Å². The SMILES string of the molecule is CCN(CC)C(C#N)c1ccc(OC)cc1.Cl. The fourth-order valence-corrected chi connectivity index (χ4v) is 1.74. The molecule has 1 unspecified atom stereocenters. The molecule has 1 rings (SSSR count). The molecule has 4 heteroatoms. The molecule has 0 bridgehead atoms. The monoisotopic (exact) mass is 254 g/mol. The van der Waals surface area contributed by atoms with E-state index >= 15 is 0 Å². The minimum Gasteiger partial charge on any atom is -0.497 e. The number of ether oxygens (including phenoxy) is 1. The molecule has 0 N–H and O–H groups in total. The van der Waals surface area contributed by atoms with Gasteiger partial charge in [-0.1, -0.05) is 26.0 Å². The van der Waals surface area contributed by atoms with E-state index in [2.05, 4.69) is 24.8 Å². The highest BCUT2D eigenvalue weighted by Crippen LogP contribution is 2.22. The molecule has 0 saturated carbocycles. The topological polar surface area (TPSA) is 36.3 Å². The van der Waals surface area contributed by atoms with Crippen LogP contribution in [0.1, 0.15) is 25.5 Å². The van der Waals surface area contributed by atoms with E-state index in [1.54, 1.807) is 7.11 Å². The number of hydrogen-bond donors (Lipinski definition) is 0. The average molecular weight is 255 g/mol. The van der Waals surface area contributed by atoms with E-state index in [4.69, 9.17) is 4.74 Å². The number of methoxy groups -OCH3 is 1. The third-order valence-corrected chi connectivity index (χ3v) is 2.73. The van der Waals surface area contributed by atoms with E-state index in [0.29, 0.717) is 0 Å². The zero-order chi connectivity index (χ0) is 12.0. The normalized spacial score (nSPS) is 11.5. The van der Waals surface area contributed by atoms with Gasteiger partial charge in [-0.15, -0.1) is 12.4 Å². The molecule has 1 atom stereocenters. The molecule has 17 heavy (non-hydrogen) atoms. The molecule has 0 fully saturated rings. The summed E-state index contributed by atoms with van der Waals surface area (Å²) >= 11 is 0. The Hall–Kier alpha value is -1.24. The van der Waals surface area contributed by atoms with Crippen molar-refractivity contribution in [1.82, 2.24) is 4.90 Å². The van der Waals surface area contributed by atoms with E-state index < -0.39 is 0 Å². The molecular weight excluding hydrogens is 236 g/mol. The first-order valence-electron chi connectivity index (χ1n) is 5.54. The van der Waals surface area contributed by atoms with Gasteiger partial charge in [-0.2, -0.15) is 5.26 Å². The maximum absolute atomic E-state index is 9.22. The molecule has 0 aromatic heterocycles. The minimum atomic E-state index is -0.166. The molecule has 0 heterocycles. The third-order valence-electron chi connectivity index (χ3n) is 2.73. The minimum absolute atomic E-state index is 0. The van der Waals surface area contributed by atoms with Crippen molar-refractivity contribution in [2.24, 2.45) is 0 Å². The fourth-order valence-electron chi connectivity index (χ4n) is 1.74. The van der Waals surface area contributed by atoms with E-state index in [1.807, 2.05) is 24.3 Å². The van der Waals surface area contributed by atoms with Gasteiger partial charge in [0.2, 0.25) is 0 Å². The van der Waals surface area contributed by atoms with Gasteiger partial charge in [-0.25, -0.2) is 0 Å². The van der Waals surface area contributed by atoms with Gasteiger partial charge in [0.05, 0.1) is 13.2 Å². The Morgan fingerprint density at radius 3 is 2.12 bits per heavy atom. The summed E-state index contributed by atoms with van der Waals surface area (Å²) in [6, 6.07) is 9.86. The summed E-state index contributed by atoms with van der Waals surface area (Å²) in [7, 11) is 1.64. The van der Waals surface area contributed by atoms with E-state index in [9.17, 15) is 5.26 Å². The average Bonchev–Trinajstić information content (AvgIpc) is 2.36. The smallest absolute Gasteiger partial charge is 0.123 e. The Labute approximate surface area is 109 Å². The number of hydrogen-bond acceptors (Lipinski definition) is 3. The van der Waals surface area contributed by atoms with Gasteiger partial charge in [0.15, 0.2) is 0 Å². The van der Waals surface area contributed by atoms with Gasteiger partial charge in [0, 0.05) is 0 Å². The molecule has 0 aliphatic rings. The third kappa shape index (κ3) is 3.92. The Morgan fingerprint density at radius 2 is 1.76 bits per heavy atom. The van der Waals surface area contributed by atoms with Gasteiger partial charge in [-0.05, 0) is 30.8 Å². The molecule has 0 radical (unpaired) electrons. The summed E-state index contributed by atoms with van der Waals surface area (Å²) in [4.78, 5) is 2.13. The molecule has 0 saturated heterocycles. The first kappa shape index (κ1) is 15.8. The van der Waals surface area contributed by atoms with Crippen LogP contribution in [0.4, 0.5) is 0 Å². The van der Waals surface area contributed by atoms with Crippen molar-refractivity contribution >= 4 is 12.4 Å². The van der Waals surface area contributed by atoms with E-state index in [0.717, 1.165) is 24.4 Å². The Morgan fingerprint density at radius 1 is 1.24 bits per heavy atom. The predicted octanol–water partition coefficient (Wildman–Crippen LogP) is 3.02. The number of nitrogens with zero attached hydrogens (tertiary/aromatic N) is 2. The Bertz CT molecular complexity index is 355.